The average Bonchev–Trinajstić information content (AvgIpc) is 3.17. The molecule has 3 nitrogen and oxygen atoms in total. The number of aromatic nitrogens is 1. The van der Waals surface area contributed by atoms with Crippen molar-refractivity contribution in [1.82, 2.24) is 10.3 Å². The molecule has 3 aromatic rings. The highest BCUT2D eigenvalue weighted by Gasteiger charge is 2.20. The molecule has 140 valence electrons. The molecule has 4 rings (SSSR count). The standard InChI is InChI=1S/C22H23ClN2OS/c1-2-16-9-11-21(27-16)20-13-18(17-12-14(23)8-10-19(17)25-20)22(26)24-15-6-4-3-5-7-15/h8-13,15H,2-7H2,1H3,(H,24,26). The number of halogens is 1. The Hall–Kier alpha value is -1.91. The van der Waals surface area contributed by atoms with Crippen LogP contribution in [-0.4, -0.2) is 16.9 Å². The smallest absolute Gasteiger partial charge is 0.252 e. The zero-order valence-corrected chi connectivity index (χ0v) is 17.0. The zero-order valence-electron chi connectivity index (χ0n) is 15.4. The molecule has 1 saturated carbocycles. The van der Waals surface area contributed by atoms with E-state index in [2.05, 4.69) is 24.4 Å². The molecule has 2 heterocycles. The van der Waals surface area contributed by atoms with Crippen molar-refractivity contribution in [2.24, 2.45) is 0 Å². The molecule has 1 amide bonds. The van der Waals surface area contributed by atoms with Crippen molar-refractivity contribution in [3.05, 3.63) is 51.9 Å². The summed E-state index contributed by atoms with van der Waals surface area (Å²) in [6.07, 6.45) is 6.77. The van der Waals surface area contributed by atoms with Gasteiger partial charge < -0.3 is 5.32 Å². The van der Waals surface area contributed by atoms with Crippen LogP contribution in [0.3, 0.4) is 0 Å². The fraction of sp³-hybridized carbons (Fsp3) is 0.364. The van der Waals surface area contributed by atoms with E-state index in [9.17, 15) is 4.79 Å². The number of amides is 1. The summed E-state index contributed by atoms with van der Waals surface area (Å²) in [5.74, 6) is -0.0231. The van der Waals surface area contributed by atoms with Crippen LogP contribution >= 0.6 is 22.9 Å². The third-order valence-electron chi connectivity index (χ3n) is 5.22. The topological polar surface area (TPSA) is 42.0 Å². The first-order valence-corrected chi connectivity index (χ1v) is 10.8. The van der Waals surface area contributed by atoms with Crippen molar-refractivity contribution < 1.29 is 4.79 Å². The molecule has 1 aromatic carbocycles. The summed E-state index contributed by atoms with van der Waals surface area (Å²) in [6, 6.07) is 12.0. The molecule has 1 fully saturated rings. The Morgan fingerprint density at radius 2 is 2.00 bits per heavy atom. The van der Waals surface area contributed by atoms with Crippen LogP contribution in [0.15, 0.2) is 36.4 Å². The van der Waals surface area contributed by atoms with Crippen LogP contribution in [0, 0.1) is 0 Å². The van der Waals surface area contributed by atoms with Crippen LogP contribution in [-0.2, 0) is 6.42 Å². The van der Waals surface area contributed by atoms with Crippen LogP contribution in [0.1, 0.15) is 54.3 Å². The molecule has 0 unspecified atom stereocenters. The van der Waals surface area contributed by atoms with Crippen molar-refractivity contribution in [2.75, 3.05) is 0 Å². The fourth-order valence-corrected chi connectivity index (χ4v) is 4.81. The number of benzene rings is 1. The van der Waals surface area contributed by atoms with E-state index in [1.165, 1.54) is 24.1 Å². The maximum Gasteiger partial charge on any atom is 0.252 e. The lowest BCUT2D eigenvalue weighted by atomic mass is 9.95. The number of rotatable bonds is 4. The Labute approximate surface area is 168 Å². The van der Waals surface area contributed by atoms with E-state index in [-0.39, 0.29) is 11.9 Å². The molecular weight excluding hydrogens is 376 g/mol. The van der Waals surface area contributed by atoms with Gasteiger partial charge in [0.1, 0.15) is 0 Å². The second kappa shape index (κ2) is 7.99. The normalized spacial score (nSPS) is 15.2. The molecule has 1 aliphatic rings. The van der Waals surface area contributed by atoms with Crippen molar-refractivity contribution in [3.8, 4) is 10.6 Å². The Bertz CT molecular complexity index is 976. The molecule has 5 heteroatoms. The lowest BCUT2D eigenvalue weighted by molar-refractivity contribution is 0.0929. The maximum absolute atomic E-state index is 13.1. The number of hydrogen-bond acceptors (Lipinski definition) is 3. The highest BCUT2D eigenvalue weighted by Crippen LogP contribution is 2.31. The van der Waals surface area contributed by atoms with Crippen LogP contribution < -0.4 is 5.32 Å². The number of pyridine rings is 1. The quantitative estimate of drug-likeness (QED) is 0.565. The predicted octanol–water partition coefficient (Wildman–Crippen LogP) is 6.24. The van der Waals surface area contributed by atoms with Gasteiger partial charge in [0.15, 0.2) is 0 Å². The number of aryl methyl sites for hydroxylation is 1. The molecule has 0 saturated heterocycles. The van der Waals surface area contributed by atoms with Crippen LogP contribution in [0.25, 0.3) is 21.5 Å². The molecule has 1 aliphatic carbocycles. The maximum atomic E-state index is 13.1. The summed E-state index contributed by atoms with van der Waals surface area (Å²) in [5, 5.41) is 4.67. The minimum Gasteiger partial charge on any atom is -0.349 e. The molecule has 1 N–H and O–H groups in total. The van der Waals surface area contributed by atoms with Gasteiger partial charge in [0, 0.05) is 21.3 Å². The van der Waals surface area contributed by atoms with Crippen molar-refractivity contribution in [3.63, 3.8) is 0 Å². The van der Waals surface area contributed by atoms with Gasteiger partial charge in [-0.25, -0.2) is 4.98 Å². The number of hydrogen-bond donors (Lipinski definition) is 1. The molecular formula is C22H23ClN2OS. The van der Waals surface area contributed by atoms with E-state index in [0.717, 1.165) is 40.7 Å². The fourth-order valence-electron chi connectivity index (χ4n) is 3.73. The predicted molar refractivity (Wildman–Crippen MR) is 114 cm³/mol. The number of carbonyl (C=O) groups excluding carboxylic acids is 1. The largest absolute Gasteiger partial charge is 0.349 e. The first-order chi connectivity index (χ1) is 13.1. The minimum absolute atomic E-state index is 0.0231. The number of nitrogens with one attached hydrogen (secondary N) is 1. The van der Waals surface area contributed by atoms with E-state index < -0.39 is 0 Å². The van der Waals surface area contributed by atoms with Gasteiger partial charge in [-0.15, -0.1) is 11.3 Å². The minimum atomic E-state index is -0.0231. The van der Waals surface area contributed by atoms with Crippen LogP contribution in [0.5, 0.6) is 0 Å². The summed E-state index contributed by atoms with van der Waals surface area (Å²) in [4.78, 5) is 20.3. The van der Waals surface area contributed by atoms with Gasteiger partial charge in [-0.2, -0.15) is 0 Å². The van der Waals surface area contributed by atoms with Gasteiger partial charge in [0.2, 0.25) is 0 Å². The molecule has 2 aromatic heterocycles. The van der Waals surface area contributed by atoms with Crippen molar-refractivity contribution in [1.29, 1.82) is 0 Å². The second-order valence-corrected chi connectivity index (χ2v) is 8.75. The van der Waals surface area contributed by atoms with Crippen LogP contribution in [0.2, 0.25) is 5.02 Å². The van der Waals surface area contributed by atoms with Gasteiger partial charge in [0.25, 0.3) is 5.91 Å². The SMILES string of the molecule is CCc1ccc(-c2cc(C(=O)NC3CCCCC3)c3cc(Cl)ccc3n2)s1. The van der Waals surface area contributed by atoms with Crippen molar-refractivity contribution in [2.45, 2.75) is 51.5 Å². The Morgan fingerprint density at radius 3 is 2.74 bits per heavy atom. The van der Waals surface area contributed by atoms with Gasteiger partial charge >= 0.3 is 0 Å². The number of fused-ring (bicyclic) bond motifs is 1. The van der Waals surface area contributed by atoms with E-state index in [0.29, 0.717) is 10.6 Å². The molecule has 0 spiro atoms. The first-order valence-electron chi connectivity index (χ1n) is 9.64. The Kier molecular flexibility index (Phi) is 5.46. The zero-order chi connectivity index (χ0) is 18.8. The third-order valence-corrected chi connectivity index (χ3v) is 6.71. The van der Waals surface area contributed by atoms with Crippen LogP contribution in [0.4, 0.5) is 0 Å². The second-order valence-electron chi connectivity index (χ2n) is 7.14. The van der Waals surface area contributed by atoms with E-state index in [4.69, 9.17) is 16.6 Å². The lowest BCUT2D eigenvalue weighted by Gasteiger charge is -2.23. The highest BCUT2D eigenvalue weighted by atomic mass is 35.5. The summed E-state index contributed by atoms with van der Waals surface area (Å²) in [5.41, 5.74) is 2.31. The summed E-state index contributed by atoms with van der Waals surface area (Å²) in [7, 11) is 0. The monoisotopic (exact) mass is 398 g/mol. The van der Waals surface area contributed by atoms with Gasteiger partial charge in [-0.1, -0.05) is 37.8 Å². The lowest BCUT2D eigenvalue weighted by Crippen LogP contribution is -2.36. The van der Waals surface area contributed by atoms with Gasteiger partial charge in [-0.05, 0) is 55.7 Å². The average molecular weight is 399 g/mol. The first kappa shape index (κ1) is 18.5. The molecule has 0 bridgehead atoms. The van der Waals surface area contributed by atoms with E-state index in [1.807, 2.05) is 24.3 Å². The number of nitrogens with zero attached hydrogens (tertiary/aromatic N) is 1. The van der Waals surface area contributed by atoms with Gasteiger partial charge in [0.05, 0.1) is 21.7 Å². The van der Waals surface area contributed by atoms with E-state index >= 15 is 0 Å². The highest BCUT2D eigenvalue weighted by molar-refractivity contribution is 7.15. The Balaban J connectivity index is 1.76. The Morgan fingerprint density at radius 1 is 1.19 bits per heavy atom. The molecule has 0 radical (unpaired) electrons. The summed E-state index contributed by atoms with van der Waals surface area (Å²) < 4.78 is 0. The molecule has 0 atom stereocenters. The summed E-state index contributed by atoms with van der Waals surface area (Å²) in [6.45, 7) is 2.15. The molecule has 0 aliphatic heterocycles. The number of thiophene rings is 1. The van der Waals surface area contributed by atoms with E-state index in [1.54, 1.807) is 11.3 Å². The third kappa shape index (κ3) is 4.02. The summed E-state index contributed by atoms with van der Waals surface area (Å²) >= 11 is 7.94. The van der Waals surface area contributed by atoms with Gasteiger partial charge in [-0.3, -0.25) is 4.79 Å². The molecule has 27 heavy (non-hydrogen) atoms. The number of carbonyl (C=O) groups is 1. The van der Waals surface area contributed by atoms with Crippen molar-refractivity contribution >= 4 is 39.7 Å².